The number of fused-ring (bicyclic) bond motifs is 6. The Labute approximate surface area is 369 Å². The topological polar surface area (TPSA) is 43.9 Å². The van der Waals surface area contributed by atoms with Crippen LogP contribution in [0, 0.1) is 12.1 Å². The number of benzene rings is 8. The van der Waals surface area contributed by atoms with Crippen molar-refractivity contribution in [3.05, 3.63) is 225 Å². The third kappa shape index (κ3) is 6.92. The average Bonchev–Trinajstić information content (AvgIpc) is 3.90. The Bertz CT molecular complexity index is 3230. The van der Waals surface area contributed by atoms with E-state index < -0.39 is 0 Å². The van der Waals surface area contributed by atoms with E-state index >= 15 is 0 Å². The molecule has 8 aromatic carbocycles. The predicted molar refractivity (Wildman–Crippen MR) is 250 cm³/mol. The molecule has 0 bridgehead atoms. The summed E-state index contributed by atoms with van der Waals surface area (Å²) in [5.41, 5.74) is 15.4. The van der Waals surface area contributed by atoms with Crippen LogP contribution >= 0.6 is 0 Å². The number of pyridine rings is 1. The molecule has 11 aromatic rings. The molecule has 0 spiro atoms. The summed E-state index contributed by atoms with van der Waals surface area (Å²) < 4.78 is 9.13. The molecular formula is C54H35B2IrN3O-2. The molecule has 3 aromatic heterocycles. The minimum absolute atomic E-state index is 0. The summed E-state index contributed by atoms with van der Waals surface area (Å²) in [6, 6.07) is 78.6. The molecule has 1 radical (unpaired) electrons. The SMILES string of the molecule is [Ir].[c-]1ccc2c(oc3cc4c(cc32)B(c2ccccc2)c2ccccc2B4c2ccccc2)c1-c1nc2ccccc2n1-c1ccccc1.[c-]1ccccc1-c1ccccn1. The predicted octanol–water partition coefficient (Wildman–Crippen LogP) is 8.28. The molecule has 7 heteroatoms. The van der Waals surface area contributed by atoms with E-state index in [-0.39, 0.29) is 33.5 Å². The second-order valence-electron chi connectivity index (χ2n) is 15.1. The largest absolute Gasteiger partial charge is 0.501 e. The van der Waals surface area contributed by atoms with Crippen molar-refractivity contribution in [3.8, 4) is 28.3 Å². The Hall–Kier alpha value is -7.04. The molecular weight excluding hydrogens is 920 g/mol. The van der Waals surface area contributed by atoms with Crippen molar-refractivity contribution in [1.29, 1.82) is 0 Å². The zero-order valence-electron chi connectivity index (χ0n) is 32.9. The summed E-state index contributed by atoms with van der Waals surface area (Å²) >= 11 is 0. The van der Waals surface area contributed by atoms with Gasteiger partial charge in [-0.15, -0.1) is 54.1 Å². The van der Waals surface area contributed by atoms with Gasteiger partial charge in [-0.05, 0) is 42.1 Å². The molecule has 0 fully saturated rings. The van der Waals surface area contributed by atoms with Crippen molar-refractivity contribution in [3.63, 3.8) is 0 Å². The third-order valence-electron chi connectivity index (χ3n) is 11.6. The van der Waals surface area contributed by atoms with Gasteiger partial charge in [-0.1, -0.05) is 177 Å². The van der Waals surface area contributed by atoms with Crippen LogP contribution in [0.2, 0.25) is 0 Å². The summed E-state index contributed by atoms with van der Waals surface area (Å²) in [4.78, 5) is 9.38. The van der Waals surface area contributed by atoms with Crippen LogP contribution in [0.3, 0.4) is 0 Å². The van der Waals surface area contributed by atoms with Gasteiger partial charge >= 0.3 is 0 Å². The quantitative estimate of drug-likeness (QED) is 0.129. The van der Waals surface area contributed by atoms with Crippen LogP contribution in [0.15, 0.2) is 217 Å². The normalized spacial score (nSPS) is 11.7. The van der Waals surface area contributed by atoms with Gasteiger partial charge in [0.1, 0.15) is 5.58 Å². The summed E-state index contributed by atoms with van der Waals surface area (Å²) in [5, 5.41) is 2.17. The van der Waals surface area contributed by atoms with E-state index in [4.69, 9.17) is 9.40 Å². The average molecular weight is 956 g/mol. The number of nitrogens with zero attached hydrogens (tertiary/aromatic N) is 3. The molecule has 0 N–H and O–H groups in total. The molecule has 0 atom stereocenters. The van der Waals surface area contributed by atoms with Crippen LogP contribution in [0.1, 0.15) is 0 Å². The van der Waals surface area contributed by atoms with E-state index in [1.165, 1.54) is 32.8 Å². The van der Waals surface area contributed by atoms with Crippen molar-refractivity contribution in [2.75, 3.05) is 0 Å². The minimum atomic E-state index is 0. The fourth-order valence-electron chi connectivity index (χ4n) is 8.97. The van der Waals surface area contributed by atoms with Crippen LogP contribution < -0.4 is 32.8 Å². The number of aromatic nitrogens is 3. The van der Waals surface area contributed by atoms with Gasteiger partial charge in [0.25, 0.3) is 0 Å². The number of hydrogen-bond acceptors (Lipinski definition) is 3. The van der Waals surface area contributed by atoms with Gasteiger partial charge in [0.15, 0.2) is 0 Å². The van der Waals surface area contributed by atoms with Crippen molar-refractivity contribution >= 4 is 79.2 Å². The van der Waals surface area contributed by atoms with Gasteiger partial charge in [0.2, 0.25) is 13.4 Å². The summed E-state index contributed by atoms with van der Waals surface area (Å²) in [7, 11) is 0. The van der Waals surface area contributed by atoms with Crippen molar-refractivity contribution < 1.29 is 24.5 Å². The molecule has 0 saturated carbocycles. The number of rotatable bonds is 5. The van der Waals surface area contributed by atoms with E-state index in [9.17, 15) is 0 Å². The first-order valence-corrected chi connectivity index (χ1v) is 20.3. The van der Waals surface area contributed by atoms with Crippen LogP contribution in [0.5, 0.6) is 0 Å². The second-order valence-corrected chi connectivity index (χ2v) is 15.1. The first-order chi connectivity index (χ1) is 29.8. The Morgan fingerprint density at radius 2 is 1.13 bits per heavy atom. The number of hydrogen-bond donors (Lipinski definition) is 0. The molecule has 289 valence electrons. The summed E-state index contributed by atoms with van der Waals surface area (Å²) in [5.74, 6) is 0.813. The monoisotopic (exact) mass is 956 g/mol. The molecule has 4 nitrogen and oxygen atoms in total. The van der Waals surface area contributed by atoms with Crippen LogP contribution in [-0.2, 0) is 20.1 Å². The molecule has 0 amide bonds. The molecule has 0 saturated heterocycles. The van der Waals surface area contributed by atoms with Gasteiger partial charge in [-0.2, -0.15) is 0 Å². The summed E-state index contributed by atoms with van der Waals surface area (Å²) in [6.07, 6.45) is 1.79. The Balaban J connectivity index is 0.000000296. The molecule has 12 rings (SSSR count). The van der Waals surface area contributed by atoms with Crippen LogP contribution in [-0.4, -0.2) is 28.0 Å². The number of para-hydroxylation sites is 3. The van der Waals surface area contributed by atoms with Gasteiger partial charge < -0.3 is 14.0 Å². The Kier molecular flexibility index (Phi) is 10.4. The van der Waals surface area contributed by atoms with Gasteiger partial charge in [-0.3, -0.25) is 4.98 Å². The van der Waals surface area contributed by atoms with E-state index in [0.717, 1.165) is 61.3 Å². The zero-order chi connectivity index (χ0) is 39.8. The number of furan rings is 1. The fourth-order valence-corrected chi connectivity index (χ4v) is 8.97. The van der Waals surface area contributed by atoms with Crippen molar-refractivity contribution in [2.24, 2.45) is 0 Å². The van der Waals surface area contributed by atoms with E-state index in [2.05, 4.69) is 167 Å². The Morgan fingerprint density at radius 3 is 1.80 bits per heavy atom. The first-order valence-electron chi connectivity index (χ1n) is 20.3. The standard InChI is InChI=1S/C43H27B2N2O.C11H8N.Ir/c1-4-15-29(16-5-1)44-35-23-10-11-24-36(35)45(30-17-6-2-7-18-30)38-28-41-34(27-37(38)44)32-21-14-22-33(42(32)48-41)43-46-39-25-12-13-26-40(39)47(43)31-19-8-3-9-20-31;1-2-6-10(7-3-1)11-8-4-5-9-12-11;/h1-21,23-28H;1-6,8-9H;/q2*-1;. The first kappa shape index (κ1) is 38.2. The van der Waals surface area contributed by atoms with Gasteiger partial charge in [0.05, 0.1) is 22.4 Å². The van der Waals surface area contributed by atoms with E-state index in [1.807, 2.05) is 60.7 Å². The molecule has 1 aliphatic rings. The minimum Gasteiger partial charge on any atom is -0.501 e. The summed E-state index contributed by atoms with van der Waals surface area (Å²) in [6.45, 7) is 0.187. The van der Waals surface area contributed by atoms with E-state index in [1.54, 1.807) is 6.20 Å². The Morgan fingerprint density at radius 1 is 0.508 bits per heavy atom. The van der Waals surface area contributed by atoms with Crippen molar-refractivity contribution in [1.82, 2.24) is 14.5 Å². The van der Waals surface area contributed by atoms with Crippen molar-refractivity contribution in [2.45, 2.75) is 0 Å². The van der Waals surface area contributed by atoms with Gasteiger partial charge in [-0.25, -0.2) is 0 Å². The van der Waals surface area contributed by atoms with E-state index in [0.29, 0.717) is 0 Å². The third-order valence-corrected chi connectivity index (χ3v) is 11.6. The number of imidazole rings is 1. The maximum absolute atomic E-state index is 6.92. The van der Waals surface area contributed by atoms with Crippen LogP contribution in [0.4, 0.5) is 0 Å². The molecule has 0 unspecified atom stereocenters. The molecule has 0 aliphatic carbocycles. The molecule has 4 heterocycles. The smallest absolute Gasteiger partial charge is 0.240 e. The maximum Gasteiger partial charge on any atom is 0.240 e. The molecule has 1 aliphatic heterocycles. The molecule has 61 heavy (non-hydrogen) atoms. The fraction of sp³-hybridized carbons (Fsp3) is 0. The second kappa shape index (κ2) is 16.5. The zero-order valence-corrected chi connectivity index (χ0v) is 35.3. The van der Waals surface area contributed by atoms with Gasteiger partial charge in [0, 0.05) is 37.4 Å². The maximum atomic E-state index is 6.92. The van der Waals surface area contributed by atoms with Crippen LogP contribution in [0.25, 0.3) is 61.3 Å².